The molecular formula is C22H20N2O4S2. The van der Waals surface area contributed by atoms with Crippen LogP contribution in [-0.4, -0.2) is 35.9 Å². The molecule has 0 saturated carbocycles. The average Bonchev–Trinajstić information content (AvgIpc) is 2.93. The first-order valence-corrected chi connectivity index (χ1v) is 10.8. The maximum absolute atomic E-state index is 12.9. The third-order valence-corrected chi connectivity index (χ3v) is 5.80. The van der Waals surface area contributed by atoms with Crippen LogP contribution in [-0.2, 0) is 20.9 Å². The van der Waals surface area contributed by atoms with Gasteiger partial charge in [0.1, 0.15) is 16.7 Å². The van der Waals surface area contributed by atoms with Crippen molar-refractivity contribution < 1.29 is 19.1 Å². The van der Waals surface area contributed by atoms with Gasteiger partial charge in [-0.05, 0) is 35.8 Å². The van der Waals surface area contributed by atoms with E-state index in [-0.39, 0.29) is 18.4 Å². The van der Waals surface area contributed by atoms with Crippen LogP contribution < -0.4 is 15.0 Å². The van der Waals surface area contributed by atoms with E-state index in [0.29, 0.717) is 40.4 Å². The SMILES string of the molecule is O=C1NC(=S)S/C1=C\c1ccc2c(c1)N(C(=O)COCc1ccccc1)CCCO2. The second-order valence-corrected chi connectivity index (χ2v) is 8.52. The zero-order valence-electron chi connectivity index (χ0n) is 16.1. The van der Waals surface area contributed by atoms with E-state index in [9.17, 15) is 9.59 Å². The predicted octanol–water partition coefficient (Wildman–Crippen LogP) is 3.51. The molecule has 2 aromatic carbocycles. The summed E-state index contributed by atoms with van der Waals surface area (Å²) in [5, 5.41) is 2.60. The Kier molecular flexibility index (Phi) is 6.47. The summed E-state index contributed by atoms with van der Waals surface area (Å²) < 4.78 is 11.9. The van der Waals surface area contributed by atoms with Gasteiger partial charge < -0.3 is 19.7 Å². The lowest BCUT2D eigenvalue weighted by molar-refractivity contribution is -0.123. The highest BCUT2D eigenvalue weighted by atomic mass is 32.2. The minimum atomic E-state index is -0.210. The molecule has 6 nitrogen and oxygen atoms in total. The first-order chi connectivity index (χ1) is 14.6. The summed E-state index contributed by atoms with van der Waals surface area (Å²) in [6.07, 6.45) is 2.49. The van der Waals surface area contributed by atoms with Gasteiger partial charge in [0.25, 0.3) is 11.8 Å². The van der Waals surface area contributed by atoms with Crippen LogP contribution in [0.25, 0.3) is 6.08 Å². The fourth-order valence-electron chi connectivity index (χ4n) is 3.22. The molecule has 2 amide bonds. The number of thiocarbonyl (C=S) groups is 1. The topological polar surface area (TPSA) is 67.9 Å². The number of benzene rings is 2. The Morgan fingerprint density at radius 2 is 2.10 bits per heavy atom. The summed E-state index contributed by atoms with van der Waals surface area (Å²) in [5.74, 6) is 0.306. The number of carbonyl (C=O) groups is 2. The van der Waals surface area contributed by atoms with Gasteiger partial charge in [-0.3, -0.25) is 9.59 Å². The van der Waals surface area contributed by atoms with E-state index >= 15 is 0 Å². The number of nitrogens with zero attached hydrogens (tertiary/aromatic N) is 1. The Hall–Kier alpha value is -2.68. The van der Waals surface area contributed by atoms with E-state index in [1.54, 1.807) is 11.0 Å². The zero-order chi connectivity index (χ0) is 20.9. The molecule has 0 bridgehead atoms. The molecule has 2 heterocycles. The minimum absolute atomic E-state index is 0.0216. The molecule has 1 saturated heterocycles. The summed E-state index contributed by atoms with van der Waals surface area (Å²) in [6, 6.07) is 15.3. The number of amides is 2. The van der Waals surface area contributed by atoms with E-state index in [1.165, 1.54) is 11.8 Å². The number of carbonyl (C=O) groups excluding carboxylic acids is 2. The molecule has 2 aliphatic heterocycles. The second kappa shape index (κ2) is 9.42. The largest absolute Gasteiger partial charge is 0.491 e. The molecule has 0 atom stereocenters. The fraction of sp³-hybridized carbons (Fsp3) is 0.227. The van der Waals surface area contributed by atoms with Gasteiger partial charge in [0.15, 0.2) is 0 Å². The second-order valence-electron chi connectivity index (χ2n) is 6.81. The quantitative estimate of drug-likeness (QED) is 0.567. The molecule has 0 aliphatic carbocycles. The number of hydrogen-bond donors (Lipinski definition) is 1. The van der Waals surface area contributed by atoms with Crippen LogP contribution >= 0.6 is 24.0 Å². The standard InChI is InChI=1S/C22H20N2O4S2/c25-20(14-27-13-15-5-2-1-3-6-15)24-9-4-10-28-18-8-7-16(11-17(18)24)12-19-21(26)23-22(29)30-19/h1-3,5-8,11-12H,4,9-10,13-14H2,(H,23,26,29)/b19-12-. The Morgan fingerprint density at radius 3 is 2.87 bits per heavy atom. The van der Waals surface area contributed by atoms with Crippen LogP contribution in [0.5, 0.6) is 5.75 Å². The van der Waals surface area contributed by atoms with Crippen LogP contribution in [0.1, 0.15) is 17.5 Å². The first kappa shape index (κ1) is 20.6. The Balaban J connectivity index is 1.51. The Morgan fingerprint density at radius 1 is 1.27 bits per heavy atom. The smallest absolute Gasteiger partial charge is 0.263 e. The molecule has 2 aromatic rings. The molecule has 8 heteroatoms. The van der Waals surface area contributed by atoms with Crippen molar-refractivity contribution in [3.63, 3.8) is 0 Å². The van der Waals surface area contributed by atoms with E-state index in [0.717, 1.165) is 17.5 Å². The molecular weight excluding hydrogens is 420 g/mol. The van der Waals surface area contributed by atoms with Gasteiger partial charge >= 0.3 is 0 Å². The lowest BCUT2D eigenvalue weighted by Gasteiger charge is -2.22. The number of rotatable bonds is 5. The lowest BCUT2D eigenvalue weighted by atomic mass is 10.1. The molecule has 1 N–H and O–H groups in total. The van der Waals surface area contributed by atoms with Crippen molar-refractivity contribution in [1.29, 1.82) is 0 Å². The summed E-state index contributed by atoms with van der Waals surface area (Å²) >= 11 is 6.26. The number of anilines is 1. The lowest BCUT2D eigenvalue weighted by Crippen LogP contribution is -2.34. The normalized spacial score (nSPS) is 17.3. The van der Waals surface area contributed by atoms with Crippen molar-refractivity contribution in [2.24, 2.45) is 0 Å². The van der Waals surface area contributed by atoms with Gasteiger partial charge in [0.2, 0.25) is 0 Å². The van der Waals surface area contributed by atoms with Crippen LogP contribution in [0.4, 0.5) is 5.69 Å². The third-order valence-electron chi connectivity index (χ3n) is 4.64. The van der Waals surface area contributed by atoms with Crippen molar-refractivity contribution in [2.45, 2.75) is 13.0 Å². The van der Waals surface area contributed by atoms with Crippen molar-refractivity contribution >= 4 is 51.9 Å². The summed E-state index contributed by atoms with van der Waals surface area (Å²) in [7, 11) is 0. The van der Waals surface area contributed by atoms with Crippen LogP contribution in [0.3, 0.4) is 0 Å². The summed E-state index contributed by atoms with van der Waals surface area (Å²) in [4.78, 5) is 27.1. The highest BCUT2D eigenvalue weighted by Crippen LogP contribution is 2.34. The van der Waals surface area contributed by atoms with E-state index in [1.807, 2.05) is 48.5 Å². The summed E-state index contributed by atoms with van der Waals surface area (Å²) in [6.45, 7) is 1.43. The summed E-state index contributed by atoms with van der Waals surface area (Å²) in [5.41, 5.74) is 2.50. The third kappa shape index (κ3) is 4.89. The van der Waals surface area contributed by atoms with Gasteiger partial charge in [-0.1, -0.05) is 60.4 Å². The zero-order valence-corrected chi connectivity index (χ0v) is 17.8. The van der Waals surface area contributed by atoms with Crippen LogP contribution in [0.15, 0.2) is 53.4 Å². The van der Waals surface area contributed by atoms with Crippen LogP contribution in [0.2, 0.25) is 0 Å². The van der Waals surface area contributed by atoms with Gasteiger partial charge in [-0.15, -0.1) is 0 Å². The van der Waals surface area contributed by atoms with Gasteiger partial charge in [-0.25, -0.2) is 0 Å². The number of thioether (sulfide) groups is 1. The molecule has 0 aromatic heterocycles. The molecule has 1 fully saturated rings. The van der Waals surface area contributed by atoms with Gasteiger partial charge in [0, 0.05) is 6.54 Å². The number of fused-ring (bicyclic) bond motifs is 1. The fourth-order valence-corrected chi connectivity index (χ4v) is 4.27. The van der Waals surface area contributed by atoms with Gasteiger partial charge in [0.05, 0.1) is 23.8 Å². The first-order valence-electron chi connectivity index (χ1n) is 9.54. The molecule has 0 spiro atoms. The van der Waals surface area contributed by atoms with Crippen molar-refractivity contribution in [1.82, 2.24) is 5.32 Å². The van der Waals surface area contributed by atoms with Crippen molar-refractivity contribution in [3.05, 3.63) is 64.6 Å². The Bertz CT molecular complexity index is 1010. The van der Waals surface area contributed by atoms with Crippen molar-refractivity contribution in [3.8, 4) is 5.75 Å². The minimum Gasteiger partial charge on any atom is -0.491 e. The maximum Gasteiger partial charge on any atom is 0.263 e. The number of hydrogen-bond acceptors (Lipinski definition) is 6. The number of ether oxygens (including phenoxy) is 2. The molecule has 154 valence electrons. The van der Waals surface area contributed by atoms with E-state index in [4.69, 9.17) is 21.7 Å². The highest BCUT2D eigenvalue weighted by molar-refractivity contribution is 8.26. The Labute approximate surface area is 184 Å². The van der Waals surface area contributed by atoms with E-state index in [2.05, 4.69) is 5.32 Å². The molecule has 4 rings (SSSR count). The molecule has 0 radical (unpaired) electrons. The van der Waals surface area contributed by atoms with Gasteiger partial charge in [-0.2, -0.15) is 0 Å². The van der Waals surface area contributed by atoms with Crippen molar-refractivity contribution in [2.75, 3.05) is 24.7 Å². The number of nitrogens with one attached hydrogen (secondary N) is 1. The predicted molar refractivity (Wildman–Crippen MR) is 121 cm³/mol. The van der Waals surface area contributed by atoms with Crippen LogP contribution in [0, 0.1) is 0 Å². The molecule has 30 heavy (non-hydrogen) atoms. The molecule has 0 unspecified atom stereocenters. The van der Waals surface area contributed by atoms with E-state index < -0.39 is 0 Å². The average molecular weight is 441 g/mol. The molecule has 2 aliphatic rings. The highest BCUT2D eigenvalue weighted by Gasteiger charge is 2.24. The monoisotopic (exact) mass is 440 g/mol. The maximum atomic E-state index is 12.9.